The molecule has 16 N–H and O–H groups in total. The zero-order valence-corrected chi connectivity index (χ0v) is 22.4. The summed E-state index contributed by atoms with van der Waals surface area (Å²) in [5, 5.41) is 68.9. The van der Waals surface area contributed by atoms with Gasteiger partial charge in [0.2, 0.25) is 0 Å². The molecule has 234 valence electrons. The van der Waals surface area contributed by atoms with E-state index in [0.29, 0.717) is 6.54 Å². The lowest BCUT2D eigenvalue weighted by atomic mass is 9.84. The van der Waals surface area contributed by atoms with E-state index in [1.165, 1.54) is 0 Å². The van der Waals surface area contributed by atoms with Gasteiger partial charge in [0.15, 0.2) is 18.9 Å². The minimum atomic E-state index is -1.51. The van der Waals surface area contributed by atoms with Crippen molar-refractivity contribution in [2.24, 2.45) is 22.9 Å². The van der Waals surface area contributed by atoms with E-state index in [0.717, 1.165) is 0 Å². The number of likely N-dealkylation sites (N-methyl/N-ethyl adjacent to an activating group) is 1. The SMILES string of the molecule is CNC1C(O[C@H]2OC(CO)[C@@H](NCCN)[C@H](O)C2O)O[C@H]2CC(N)[C@@H](O[C@@H]3C(N)C[C@@H](N)C(O)[C@H]3O)OC2C1O. The van der Waals surface area contributed by atoms with Gasteiger partial charge in [-0.15, -0.1) is 0 Å². The van der Waals surface area contributed by atoms with Gasteiger partial charge < -0.3 is 87.9 Å². The summed E-state index contributed by atoms with van der Waals surface area (Å²) in [6, 6.07) is -3.82. The van der Waals surface area contributed by atoms with Gasteiger partial charge in [-0.25, -0.2) is 0 Å². The first-order valence-corrected chi connectivity index (χ1v) is 13.7. The van der Waals surface area contributed by atoms with Gasteiger partial charge in [-0.1, -0.05) is 0 Å². The van der Waals surface area contributed by atoms with Crippen molar-refractivity contribution in [3.8, 4) is 0 Å². The third-order valence-electron chi connectivity index (χ3n) is 8.21. The van der Waals surface area contributed by atoms with E-state index in [2.05, 4.69) is 10.6 Å². The van der Waals surface area contributed by atoms with Crippen LogP contribution in [0.15, 0.2) is 0 Å². The van der Waals surface area contributed by atoms with Crippen LogP contribution in [0.4, 0.5) is 0 Å². The second kappa shape index (κ2) is 13.7. The van der Waals surface area contributed by atoms with Gasteiger partial charge in [0.05, 0.1) is 36.9 Å². The Kier molecular flexibility index (Phi) is 11.1. The number of nitrogens with two attached hydrogens (primary N) is 4. The summed E-state index contributed by atoms with van der Waals surface area (Å²) >= 11 is 0. The first kappa shape index (κ1) is 32.2. The topological polar surface area (TPSA) is 296 Å². The lowest BCUT2D eigenvalue weighted by molar-refractivity contribution is -0.373. The van der Waals surface area contributed by atoms with Crippen molar-refractivity contribution in [2.45, 2.75) is 117 Å². The molecule has 0 radical (unpaired) electrons. The van der Waals surface area contributed by atoms with E-state index in [4.69, 9.17) is 46.6 Å². The highest BCUT2D eigenvalue weighted by Gasteiger charge is 2.54. The third-order valence-corrected chi connectivity index (χ3v) is 8.21. The van der Waals surface area contributed by atoms with Crippen LogP contribution in [0.25, 0.3) is 0 Å². The Morgan fingerprint density at radius 2 is 1.48 bits per heavy atom. The summed E-state index contributed by atoms with van der Waals surface area (Å²) in [6.07, 6.45) is -13.5. The average molecular weight is 583 g/mol. The van der Waals surface area contributed by atoms with E-state index in [-0.39, 0.29) is 19.4 Å². The molecule has 17 heteroatoms. The summed E-state index contributed by atoms with van der Waals surface area (Å²) in [4.78, 5) is 0. The van der Waals surface area contributed by atoms with E-state index in [1.807, 2.05) is 0 Å². The Bertz CT molecular complexity index is 804. The van der Waals surface area contributed by atoms with Gasteiger partial charge in [0.25, 0.3) is 0 Å². The molecule has 1 aliphatic carbocycles. The van der Waals surface area contributed by atoms with Crippen molar-refractivity contribution in [2.75, 3.05) is 26.7 Å². The van der Waals surface area contributed by atoms with Crippen molar-refractivity contribution < 1.29 is 54.3 Å². The molecule has 3 heterocycles. The first-order valence-electron chi connectivity index (χ1n) is 13.7. The standard InChI is InChI=1S/C23H46N6O11/c1-28-13-16(33)20-10(5-9(27)21(39-20)38-19-8(26)4-7(25)14(31)17(19)34)36-22(13)40-23-18(35)15(32)12(29-3-2-24)11(6-30)37-23/h7-23,28-35H,2-6,24-27H2,1H3/t7-,8?,9?,10+,11?,12-,13?,14?,15+,16?,17-,18?,19-,20?,21+,22?,23-/m1/s1. The van der Waals surface area contributed by atoms with Crippen molar-refractivity contribution in [1.29, 1.82) is 0 Å². The van der Waals surface area contributed by atoms with Crippen LogP contribution >= 0.6 is 0 Å². The van der Waals surface area contributed by atoms with Gasteiger partial charge >= 0.3 is 0 Å². The zero-order valence-electron chi connectivity index (χ0n) is 22.4. The van der Waals surface area contributed by atoms with Crippen molar-refractivity contribution in [1.82, 2.24) is 10.6 Å². The summed E-state index contributed by atoms with van der Waals surface area (Å²) in [5.41, 5.74) is 23.8. The second-order valence-corrected chi connectivity index (χ2v) is 11.0. The molecule has 0 spiro atoms. The number of hydrogen-bond donors (Lipinski definition) is 12. The highest BCUT2D eigenvalue weighted by Crippen LogP contribution is 2.35. The minimum Gasteiger partial charge on any atom is -0.394 e. The fraction of sp³-hybridized carbons (Fsp3) is 1.00. The van der Waals surface area contributed by atoms with Gasteiger partial charge in [0, 0.05) is 25.2 Å². The molecule has 9 unspecified atom stereocenters. The number of fused-ring (bicyclic) bond motifs is 1. The molecule has 4 fully saturated rings. The molecule has 40 heavy (non-hydrogen) atoms. The van der Waals surface area contributed by atoms with Crippen LogP contribution < -0.4 is 33.6 Å². The smallest absolute Gasteiger partial charge is 0.189 e. The second-order valence-electron chi connectivity index (χ2n) is 11.0. The van der Waals surface area contributed by atoms with Gasteiger partial charge in [-0.3, -0.25) is 0 Å². The molecule has 1 saturated carbocycles. The van der Waals surface area contributed by atoms with Crippen LogP contribution in [0.3, 0.4) is 0 Å². The highest BCUT2D eigenvalue weighted by molar-refractivity contribution is 5.02. The lowest BCUT2D eigenvalue weighted by Gasteiger charge is -2.51. The quantitative estimate of drug-likeness (QED) is 0.120. The lowest BCUT2D eigenvalue weighted by Crippen LogP contribution is -2.70. The van der Waals surface area contributed by atoms with Crippen LogP contribution in [0.5, 0.6) is 0 Å². The minimum absolute atomic E-state index is 0.157. The molecule has 3 saturated heterocycles. The average Bonchev–Trinajstić information content (AvgIpc) is 2.92. The number of rotatable bonds is 9. The molecule has 0 bridgehead atoms. The summed E-state index contributed by atoms with van der Waals surface area (Å²) in [7, 11) is 1.56. The Morgan fingerprint density at radius 1 is 0.750 bits per heavy atom. The molecule has 0 aromatic rings. The Hall–Kier alpha value is -0.680. The number of hydrogen-bond acceptors (Lipinski definition) is 17. The van der Waals surface area contributed by atoms with Crippen molar-refractivity contribution in [3.05, 3.63) is 0 Å². The molecular formula is C23H46N6O11. The van der Waals surface area contributed by atoms with Crippen LogP contribution in [0.2, 0.25) is 0 Å². The largest absolute Gasteiger partial charge is 0.394 e. The molecule has 17 atom stereocenters. The normalized spacial score (nSPS) is 51.8. The van der Waals surface area contributed by atoms with E-state index in [1.54, 1.807) is 7.05 Å². The fourth-order valence-electron chi connectivity index (χ4n) is 5.93. The number of aliphatic hydroxyl groups excluding tert-OH is 6. The van der Waals surface area contributed by atoms with Gasteiger partial charge in [-0.2, -0.15) is 0 Å². The predicted octanol–water partition coefficient (Wildman–Crippen LogP) is -7.36. The summed E-state index contributed by atoms with van der Waals surface area (Å²) < 4.78 is 29.6. The molecule has 0 aromatic heterocycles. The highest BCUT2D eigenvalue weighted by atomic mass is 16.8. The molecule has 0 amide bonds. The van der Waals surface area contributed by atoms with Crippen molar-refractivity contribution >= 4 is 0 Å². The van der Waals surface area contributed by atoms with E-state index in [9.17, 15) is 30.6 Å². The molecular weight excluding hydrogens is 536 g/mol. The van der Waals surface area contributed by atoms with Gasteiger partial charge in [-0.05, 0) is 19.9 Å². The van der Waals surface area contributed by atoms with Crippen LogP contribution in [-0.4, -0.2) is 161 Å². The Balaban J connectivity index is 1.42. The Labute approximate surface area is 232 Å². The fourth-order valence-corrected chi connectivity index (χ4v) is 5.93. The van der Waals surface area contributed by atoms with Crippen molar-refractivity contribution in [3.63, 3.8) is 0 Å². The monoisotopic (exact) mass is 582 g/mol. The predicted molar refractivity (Wildman–Crippen MR) is 136 cm³/mol. The van der Waals surface area contributed by atoms with E-state index < -0.39 is 111 Å². The van der Waals surface area contributed by atoms with E-state index >= 15 is 0 Å². The molecule has 3 aliphatic heterocycles. The summed E-state index contributed by atoms with van der Waals surface area (Å²) in [6.45, 7) is 0.137. The maximum atomic E-state index is 11.2. The number of aliphatic hydroxyl groups is 6. The summed E-state index contributed by atoms with van der Waals surface area (Å²) in [5.74, 6) is 0. The third kappa shape index (κ3) is 6.46. The maximum Gasteiger partial charge on any atom is 0.189 e. The zero-order chi connectivity index (χ0) is 29.3. The molecule has 17 nitrogen and oxygen atoms in total. The van der Waals surface area contributed by atoms with Crippen LogP contribution in [0.1, 0.15) is 12.8 Å². The number of nitrogens with one attached hydrogen (secondary N) is 2. The number of ether oxygens (including phenoxy) is 5. The Morgan fingerprint density at radius 3 is 2.12 bits per heavy atom. The molecule has 4 rings (SSSR count). The molecule has 4 aliphatic rings. The first-order chi connectivity index (χ1) is 19.0. The van der Waals surface area contributed by atoms with Gasteiger partial charge in [0.1, 0.15) is 42.7 Å². The van der Waals surface area contributed by atoms with Crippen LogP contribution in [0, 0.1) is 0 Å². The molecule has 0 aromatic carbocycles. The maximum absolute atomic E-state index is 11.2. The van der Waals surface area contributed by atoms with Crippen LogP contribution in [-0.2, 0) is 23.7 Å².